The molecule has 0 saturated heterocycles. The Kier molecular flexibility index (Phi) is 5.12. The molecule has 1 rings (SSSR count). The van der Waals surface area contributed by atoms with Crippen molar-refractivity contribution in [2.45, 2.75) is 46.2 Å². The Hall–Kier alpha value is -1.35. The van der Waals surface area contributed by atoms with Crippen LogP contribution in [0.15, 0.2) is 24.3 Å². The highest BCUT2D eigenvalue weighted by Crippen LogP contribution is 2.12. The second-order valence-electron chi connectivity index (χ2n) is 6.30. The zero-order valence-corrected chi connectivity index (χ0v) is 12.7. The first-order valence-electron chi connectivity index (χ1n) is 6.82. The van der Waals surface area contributed by atoms with E-state index in [4.69, 9.17) is 5.73 Å². The van der Waals surface area contributed by atoms with Gasteiger partial charge in [0.25, 0.3) is 0 Å². The van der Waals surface area contributed by atoms with Gasteiger partial charge in [0, 0.05) is 13.6 Å². The van der Waals surface area contributed by atoms with Gasteiger partial charge in [-0.2, -0.15) is 0 Å². The number of carbonyl (C=O) groups excluding carboxylic acids is 1. The van der Waals surface area contributed by atoms with Gasteiger partial charge in [0.2, 0.25) is 5.91 Å². The van der Waals surface area contributed by atoms with Crippen LogP contribution >= 0.6 is 0 Å². The van der Waals surface area contributed by atoms with E-state index in [0.717, 1.165) is 12.0 Å². The Labute approximate surface area is 116 Å². The predicted molar refractivity (Wildman–Crippen MR) is 79.7 cm³/mol. The van der Waals surface area contributed by atoms with Crippen LogP contribution in [0.4, 0.5) is 0 Å². The van der Waals surface area contributed by atoms with E-state index < -0.39 is 5.54 Å². The van der Waals surface area contributed by atoms with Crippen LogP contribution in [-0.2, 0) is 17.8 Å². The van der Waals surface area contributed by atoms with Crippen LogP contribution < -0.4 is 5.73 Å². The van der Waals surface area contributed by atoms with Gasteiger partial charge < -0.3 is 10.6 Å². The Balaban J connectivity index is 2.65. The maximum atomic E-state index is 12.0. The molecule has 0 spiro atoms. The van der Waals surface area contributed by atoms with Gasteiger partial charge in [-0.05, 0) is 37.3 Å². The lowest BCUT2D eigenvalue weighted by molar-refractivity contribution is -0.134. The second-order valence-corrected chi connectivity index (χ2v) is 6.30. The fraction of sp³-hybridized carbons (Fsp3) is 0.562. The standard InChI is InChI=1S/C16H26N2O/c1-12(2)10-13-6-8-14(9-7-13)11-18(5)15(19)16(3,4)17/h6-9,12H,10-11,17H2,1-5H3. The smallest absolute Gasteiger partial charge is 0.242 e. The molecule has 2 N–H and O–H groups in total. The average Bonchev–Trinajstić information content (AvgIpc) is 2.28. The van der Waals surface area contributed by atoms with Crippen molar-refractivity contribution in [3.8, 4) is 0 Å². The van der Waals surface area contributed by atoms with E-state index >= 15 is 0 Å². The first-order chi connectivity index (χ1) is 8.70. The summed E-state index contributed by atoms with van der Waals surface area (Å²) in [5.74, 6) is 0.617. The molecule has 0 bridgehead atoms. The van der Waals surface area contributed by atoms with E-state index in [-0.39, 0.29) is 5.91 Å². The third-order valence-electron chi connectivity index (χ3n) is 2.98. The molecule has 0 aromatic heterocycles. The number of amides is 1. The lowest BCUT2D eigenvalue weighted by Gasteiger charge is -2.26. The molecule has 19 heavy (non-hydrogen) atoms. The third-order valence-corrected chi connectivity index (χ3v) is 2.98. The SMILES string of the molecule is CC(C)Cc1ccc(CN(C)C(=O)C(C)(C)N)cc1. The summed E-state index contributed by atoms with van der Waals surface area (Å²) in [6.07, 6.45) is 1.09. The molecule has 1 aromatic rings. The Bertz CT molecular complexity index is 415. The van der Waals surface area contributed by atoms with E-state index in [0.29, 0.717) is 12.5 Å². The number of benzene rings is 1. The minimum absolute atomic E-state index is 0.0428. The minimum atomic E-state index is -0.813. The molecule has 0 aliphatic rings. The molecule has 0 aliphatic carbocycles. The molecule has 0 saturated carbocycles. The Morgan fingerprint density at radius 1 is 1.21 bits per heavy atom. The van der Waals surface area contributed by atoms with Crippen molar-refractivity contribution in [3.63, 3.8) is 0 Å². The molecule has 0 aliphatic heterocycles. The van der Waals surface area contributed by atoms with Crippen molar-refractivity contribution in [2.75, 3.05) is 7.05 Å². The van der Waals surface area contributed by atoms with Gasteiger partial charge in [-0.25, -0.2) is 0 Å². The van der Waals surface area contributed by atoms with Crippen LogP contribution in [-0.4, -0.2) is 23.4 Å². The van der Waals surface area contributed by atoms with Gasteiger partial charge >= 0.3 is 0 Å². The largest absolute Gasteiger partial charge is 0.340 e. The fourth-order valence-corrected chi connectivity index (χ4v) is 2.09. The molecule has 1 amide bonds. The van der Waals surface area contributed by atoms with E-state index in [1.54, 1.807) is 25.8 Å². The predicted octanol–water partition coefficient (Wildman–Crippen LogP) is 2.58. The maximum Gasteiger partial charge on any atom is 0.242 e. The number of rotatable bonds is 5. The van der Waals surface area contributed by atoms with Crippen molar-refractivity contribution in [3.05, 3.63) is 35.4 Å². The number of nitrogens with zero attached hydrogens (tertiary/aromatic N) is 1. The Morgan fingerprint density at radius 3 is 2.11 bits per heavy atom. The number of nitrogens with two attached hydrogens (primary N) is 1. The number of carbonyl (C=O) groups is 1. The zero-order valence-electron chi connectivity index (χ0n) is 12.7. The molecule has 0 fully saturated rings. The quantitative estimate of drug-likeness (QED) is 0.886. The van der Waals surface area contributed by atoms with Gasteiger partial charge in [-0.3, -0.25) is 4.79 Å². The van der Waals surface area contributed by atoms with Crippen LogP contribution in [0.25, 0.3) is 0 Å². The molecule has 0 heterocycles. The van der Waals surface area contributed by atoms with Crippen LogP contribution in [0, 0.1) is 5.92 Å². The molecular formula is C16H26N2O. The van der Waals surface area contributed by atoms with Gasteiger partial charge in [-0.15, -0.1) is 0 Å². The number of hydrogen-bond donors (Lipinski definition) is 1. The molecular weight excluding hydrogens is 236 g/mol. The summed E-state index contributed by atoms with van der Waals surface area (Å²) in [5, 5.41) is 0. The summed E-state index contributed by atoms with van der Waals surface area (Å²) in [7, 11) is 1.79. The number of hydrogen-bond acceptors (Lipinski definition) is 2. The monoisotopic (exact) mass is 262 g/mol. The highest BCUT2D eigenvalue weighted by molar-refractivity contribution is 5.84. The van der Waals surface area contributed by atoms with Gasteiger partial charge in [-0.1, -0.05) is 38.1 Å². The van der Waals surface area contributed by atoms with Crippen LogP contribution in [0.3, 0.4) is 0 Å². The van der Waals surface area contributed by atoms with Crippen molar-refractivity contribution in [1.82, 2.24) is 4.90 Å². The first kappa shape index (κ1) is 15.7. The topological polar surface area (TPSA) is 46.3 Å². The van der Waals surface area contributed by atoms with E-state index in [9.17, 15) is 4.79 Å². The van der Waals surface area contributed by atoms with Gasteiger partial charge in [0.05, 0.1) is 5.54 Å². The zero-order chi connectivity index (χ0) is 14.6. The van der Waals surface area contributed by atoms with Crippen LogP contribution in [0.5, 0.6) is 0 Å². The Morgan fingerprint density at radius 2 is 1.68 bits per heavy atom. The third kappa shape index (κ3) is 5.03. The van der Waals surface area contributed by atoms with Crippen LogP contribution in [0.2, 0.25) is 0 Å². The summed E-state index contributed by atoms with van der Waals surface area (Å²) in [5.41, 5.74) is 7.48. The lowest BCUT2D eigenvalue weighted by Crippen LogP contribution is -2.49. The summed E-state index contributed by atoms with van der Waals surface area (Å²) >= 11 is 0. The highest BCUT2D eigenvalue weighted by Gasteiger charge is 2.25. The van der Waals surface area contributed by atoms with E-state index in [1.165, 1.54) is 5.56 Å². The first-order valence-corrected chi connectivity index (χ1v) is 6.82. The van der Waals surface area contributed by atoms with Gasteiger partial charge in [0.15, 0.2) is 0 Å². The number of likely N-dealkylation sites (N-methyl/N-ethyl adjacent to an activating group) is 1. The summed E-state index contributed by atoms with van der Waals surface area (Å²) in [4.78, 5) is 13.7. The molecule has 3 nitrogen and oxygen atoms in total. The van der Waals surface area contributed by atoms with E-state index in [2.05, 4.69) is 38.1 Å². The summed E-state index contributed by atoms with van der Waals surface area (Å²) < 4.78 is 0. The second kappa shape index (κ2) is 6.20. The molecule has 1 aromatic carbocycles. The van der Waals surface area contributed by atoms with Crippen molar-refractivity contribution in [1.29, 1.82) is 0 Å². The fourth-order valence-electron chi connectivity index (χ4n) is 2.09. The highest BCUT2D eigenvalue weighted by atomic mass is 16.2. The van der Waals surface area contributed by atoms with Gasteiger partial charge in [0.1, 0.15) is 0 Å². The molecule has 106 valence electrons. The van der Waals surface area contributed by atoms with Crippen molar-refractivity contribution in [2.24, 2.45) is 11.7 Å². The minimum Gasteiger partial charge on any atom is -0.340 e. The van der Waals surface area contributed by atoms with Crippen molar-refractivity contribution >= 4 is 5.91 Å². The summed E-state index contributed by atoms with van der Waals surface area (Å²) in [6.45, 7) is 8.49. The molecule has 3 heteroatoms. The lowest BCUT2D eigenvalue weighted by atomic mass is 10.0. The summed E-state index contributed by atoms with van der Waals surface area (Å²) in [6, 6.07) is 8.46. The average molecular weight is 262 g/mol. The maximum absolute atomic E-state index is 12.0. The normalized spacial score (nSPS) is 11.7. The van der Waals surface area contributed by atoms with E-state index in [1.807, 2.05) is 0 Å². The molecule has 0 radical (unpaired) electrons. The van der Waals surface area contributed by atoms with Crippen molar-refractivity contribution < 1.29 is 4.79 Å². The molecule has 0 unspecified atom stereocenters. The van der Waals surface area contributed by atoms with Crippen LogP contribution in [0.1, 0.15) is 38.8 Å². The molecule has 0 atom stereocenters.